The van der Waals surface area contributed by atoms with Crippen LogP contribution in [0.25, 0.3) is 10.9 Å². The van der Waals surface area contributed by atoms with E-state index in [9.17, 15) is 22.0 Å². The molecule has 2 aromatic carbocycles. The van der Waals surface area contributed by atoms with E-state index in [2.05, 4.69) is 4.98 Å². The van der Waals surface area contributed by atoms with Crippen molar-refractivity contribution in [3.8, 4) is 0 Å². The van der Waals surface area contributed by atoms with Crippen LogP contribution in [0.15, 0.2) is 36.4 Å². The molecule has 0 fully saturated rings. The largest absolute Gasteiger partial charge is 0.401 e. The van der Waals surface area contributed by atoms with E-state index in [4.69, 9.17) is 0 Å². The van der Waals surface area contributed by atoms with Crippen molar-refractivity contribution >= 4 is 10.9 Å². The van der Waals surface area contributed by atoms with E-state index in [0.29, 0.717) is 17.7 Å². The van der Waals surface area contributed by atoms with E-state index in [-0.39, 0.29) is 12.1 Å². The molecule has 1 unspecified atom stereocenters. The maximum absolute atomic E-state index is 14.7. The van der Waals surface area contributed by atoms with Crippen LogP contribution in [0, 0.1) is 18.6 Å². The van der Waals surface area contributed by atoms with Crippen LogP contribution in [0.5, 0.6) is 0 Å². The average Bonchev–Trinajstić information content (AvgIpc) is 3.01. The highest BCUT2D eigenvalue weighted by atomic mass is 19.4. The molecule has 0 bridgehead atoms. The Hall–Kier alpha value is -2.41. The second kappa shape index (κ2) is 8.14. The fourth-order valence-electron chi connectivity index (χ4n) is 3.99. The van der Waals surface area contributed by atoms with Crippen LogP contribution >= 0.6 is 0 Å². The van der Waals surface area contributed by atoms with E-state index in [0.717, 1.165) is 33.5 Å². The minimum absolute atomic E-state index is 0.0613. The van der Waals surface area contributed by atoms with E-state index in [1.807, 2.05) is 26.0 Å². The lowest BCUT2D eigenvalue weighted by Gasteiger charge is -2.36. The molecule has 1 aliphatic heterocycles. The number of aromatic nitrogens is 1. The normalized spacial score (nSPS) is 17.0. The van der Waals surface area contributed by atoms with Gasteiger partial charge in [-0.3, -0.25) is 4.90 Å². The van der Waals surface area contributed by atoms with Gasteiger partial charge in [-0.25, -0.2) is 8.78 Å². The molecule has 0 saturated carbocycles. The van der Waals surface area contributed by atoms with Crippen LogP contribution in [0.4, 0.5) is 22.0 Å². The minimum Gasteiger partial charge on any atom is -0.357 e. The first-order valence-electron chi connectivity index (χ1n) is 9.60. The third kappa shape index (κ3) is 4.15. The summed E-state index contributed by atoms with van der Waals surface area (Å²) in [6.45, 7) is 4.36. The summed E-state index contributed by atoms with van der Waals surface area (Å²) in [6.07, 6.45) is -4.10. The predicted molar refractivity (Wildman–Crippen MR) is 104 cm³/mol. The molecule has 1 atom stereocenters. The Morgan fingerprint density at radius 1 is 1.07 bits per heavy atom. The number of fused-ring (bicyclic) bond motifs is 3. The molecule has 0 saturated heterocycles. The van der Waals surface area contributed by atoms with Crippen molar-refractivity contribution in [1.29, 1.82) is 0 Å². The number of aryl methyl sites for hydroxylation is 1. The highest BCUT2D eigenvalue weighted by Gasteiger charge is 2.40. The van der Waals surface area contributed by atoms with Gasteiger partial charge in [-0.1, -0.05) is 32.0 Å². The van der Waals surface area contributed by atoms with Crippen LogP contribution in [0.1, 0.15) is 42.3 Å². The van der Waals surface area contributed by atoms with Gasteiger partial charge in [0.25, 0.3) is 0 Å². The van der Waals surface area contributed by atoms with Gasteiger partial charge in [0.05, 0.1) is 12.6 Å². The van der Waals surface area contributed by atoms with Crippen LogP contribution in [0.2, 0.25) is 0 Å². The Morgan fingerprint density at radius 2 is 1.69 bits per heavy atom. The Bertz CT molecular complexity index is 983. The van der Waals surface area contributed by atoms with Crippen molar-refractivity contribution in [2.45, 2.75) is 39.4 Å². The average molecular weight is 410 g/mol. The summed E-state index contributed by atoms with van der Waals surface area (Å²) < 4.78 is 68.8. The molecule has 156 valence electrons. The van der Waals surface area contributed by atoms with Crippen molar-refractivity contribution < 1.29 is 22.0 Å². The van der Waals surface area contributed by atoms with Crippen molar-refractivity contribution in [3.63, 3.8) is 0 Å². The zero-order chi connectivity index (χ0) is 21.3. The zero-order valence-corrected chi connectivity index (χ0v) is 16.5. The van der Waals surface area contributed by atoms with Gasteiger partial charge in [0.15, 0.2) is 0 Å². The predicted octanol–water partition coefficient (Wildman–Crippen LogP) is 6.29. The number of hydrogen-bond donors (Lipinski definition) is 1. The van der Waals surface area contributed by atoms with E-state index in [1.54, 1.807) is 19.1 Å². The first-order chi connectivity index (χ1) is 13.7. The van der Waals surface area contributed by atoms with E-state index >= 15 is 0 Å². The molecule has 0 aliphatic carbocycles. The van der Waals surface area contributed by atoms with Crippen molar-refractivity contribution in [1.82, 2.24) is 9.88 Å². The summed E-state index contributed by atoms with van der Waals surface area (Å²) in [4.78, 5) is 4.20. The lowest BCUT2D eigenvalue weighted by molar-refractivity contribution is -0.150. The van der Waals surface area contributed by atoms with Crippen LogP contribution < -0.4 is 0 Å². The Balaban J connectivity index is 0.00000117. The number of H-pyrrole nitrogens is 1. The number of aromatic amines is 1. The highest BCUT2D eigenvalue weighted by molar-refractivity contribution is 5.85. The molecule has 4 rings (SSSR count). The second-order valence-electron chi connectivity index (χ2n) is 6.94. The van der Waals surface area contributed by atoms with Gasteiger partial charge >= 0.3 is 6.18 Å². The molecule has 1 aromatic heterocycles. The molecule has 0 radical (unpaired) electrons. The van der Waals surface area contributed by atoms with Crippen LogP contribution in [0.3, 0.4) is 0 Å². The lowest BCUT2D eigenvalue weighted by Crippen LogP contribution is -2.42. The lowest BCUT2D eigenvalue weighted by atomic mass is 9.91. The van der Waals surface area contributed by atoms with Gasteiger partial charge in [-0.05, 0) is 42.7 Å². The molecular weight excluding hydrogens is 387 g/mol. The third-order valence-electron chi connectivity index (χ3n) is 5.01. The van der Waals surface area contributed by atoms with Crippen LogP contribution in [-0.4, -0.2) is 29.1 Å². The monoisotopic (exact) mass is 410 g/mol. The summed E-state index contributed by atoms with van der Waals surface area (Å²) >= 11 is 0. The number of halogens is 5. The molecule has 0 spiro atoms. The number of para-hydroxylation sites is 1. The molecule has 0 amide bonds. The zero-order valence-electron chi connectivity index (χ0n) is 16.5. The van der Waals surface area contributed by atoms with E-state index in [1.165, 1.54) is 0 Å². The Labute approximate surface area is 166 Å². The topological polar surface area (TPSA) is 19.0 Å². The number of nitrogens with zero attached hydrogens (tertiary/aromatic N) is 1. The van der Waals surface area contributed by atoms with Gasteiger partial charge in [0.2, 0.25) is 0 Å². The summed E-state index contributed by atoms with van der Waals surface area (Å²) in [5.74, 6) is -1.67. The molecule has 29 heavy (non-hydrogen) atoms. The van der Waals surface area contributed by atoms with Gasteiger partial charge < -0.3 is 4.98 Å². The molecule has 1 aliphatic rings. The smallest absolute Gasteiger partial charge is 0.357 e. The summed E-state index contributed by atoms with van der Waals surface area (Å²) in [6, 6.07) is 8.45. The Kier molecular flexibility index (Phi) is 5.98. The molecule has 3 aromatic rings. The number of alkyl halides is 3. The summed E-state index contributed by atoms with van der Waals surface area (Å²) in [5.41, 5.74) is 2.01. The quantitative estimate of drug-likeness (QED) is 0.492. The first-order valence-corrected chi connectivity index (χ1v) is 9.60. The fraction of sp³-hybridized carbons (Fsp3) is 0.364. The number of rotatable bonds is 2. The molecule has 2 nitrogen and oxygen atoms in total. The minimum atomic E-state index is -4.47. The Morgan fingerprint density at radius 3 is 2.31 bits per heavy atom. The molecular formula is C22H23F5N2. The van der Waals surface area contributed by atoms with Gasteiger partial charge in [-0.15, -0.1) is 0 Å². The maximum Gasteiger partial charge on any atom is 0.401 e. The van der Waals surface area contributed by atoms with Gasteiger partial charge in [-0.2, -0.15) is 13.2 Å². The number of hydrogen-bond acceptors (Lipinski definition) is 1. The molecule has 7 heteroatoms. The number of benzene rings is 2. The standard InChI is InChI=1S/C20H17F5N2.C2H6/c1-11-8-14(21)17(15(22)9-11)19-18-13(6-7-27(19)10-20(23,24)25)12-4-2-3-5-16(12)26-18;1-2/h2-5,8-9,19,26H,6-7,10H2,1H3;1-2H3. The number of nitrogens with one attached hydrogen (secondary N) is 1. The summed E-state index contributed by atoms with van der Waals surface area (Å²) in [7, 11) is 0. The highest BCUT2D eigenvalue weighted by Crippen LogP contribution is 2.41. The molecule has 2 heterocycles. The van der Waals surface area contributed by atoms with E-state index < -0.39 is 30.4 Å². The van der Waals surface area contributed by atoms with Crippen molar-refractivity contribution in [3.05, 3.63) is 70.4 Å². The molecule has 1 N–H and O–H groups in total. The SMILES string of the molecule is CC.Cc1cc(F)c(C2c3[nH]c4ccccc4c3CCN2CC(F)(F)F)c(F)c1. The fourth-order valence-corrected chi connectivity index (χ4v) is 3.99. The van der Waals surface area contributed by atoms with Gasteiger partial charge in [0.1, 0.15) is 11.6 Å². The van der Waals surface area contributed by atoms with Crippen LogP contribution in [-0.2, 0) is 6.42 Å². The van der Waals surface area contributed by atoms with Crippen molar-refractivity contribution in [2.24, 2.45) is 0 Å². The maximum atomic E-state index is 14.7. The third-order valence-corrected chi connectivity index (χ3v) is 5.01. The second-order valence-corrected chi connectivity index (χ2v) is 6.94. The van der Waals surface area contributed by atoms with Crippen molar-refractivity contribution in [2.75, 3.05) is 13.1 Å². The van der Waals surface area contributed by atoms with Gasteiger partial charge in [0, 0.05) is 28.7 Å². The first kappa shape index (κ1) is 21.3. The summed E-state index contributed by atoms with van der Waals surface area (Å²) in [5, 5.41) is 0.872.